The number of nitro groups is 1. The molecule has 2 aromatic rings. The van der Waals surface area contributed by atoms with Gasteiger partial charge in [-0.1, -0.05) is 6.07 Å². The summed E-state index contributed by atoms with van der Waals surface area (Å²) in [6.45, 7) is 1.65. The van der Waals surface area contributed by atoms with Crippen molar-refractivity contribution in [3.8, 4) is 17.4 Å². The van der Waals surface area contributed by atoms with E-state index >= 15 is 0 Å². The predicted octanol–water partition coefficient (Wildman–Crippen LogP) is 3.56. The Balaban J connectivity index is 2.44. The number of pyridine rings is 1. The molecule has 0 radical (unpaired) electrons. The molecular weight excluding hydrogens is 316 g/mol. The van der Waals surface area contributed by atoms with Crippen LogP contribution in [0, 0.1) is 17.0 Å². The fourth-order valence-electron chi connectivity index (χ4n) is 1.44. The Kier molecular flexibility index (Phi) is 3.66. The summed E-state index contributed by atoms with van der Waals surface area (Å²) in [4.78, 5) is 14.2. The van der Waals surface area contributed by atoms with Crippen molar-refractivity contribution in [3.63, 3.8) is 0 Å². The Morgan fingerprint density at radius 1 is 1.47 bits per heavy atom. The number of benzene rings is 1. The first kappa shape index (κ1) is 13.3. The lowest BCUT2D eigenvalue weighted by Gasteiger charge is -2.09. The lowest BCUT2D eigenvalue weighted by molar-refractivity contribution is -0.386. The Bertz CT molecular complexity index is 646. The van der Waals surface area contributed by atoms with Gasteiger partial charge in [0, 0.05) is 22.3 Å². The number of aromatic nitrogens is 1. The molecule has 1 aromatic heterocycles. The molecule has 0 amide bonds. The number of nitrogens with zero attached hydrogens (tertiary/aromatic N) is 2. The highest BCUT2D eigenvalue weighted by Crippen LogP contribution is 2.34. The number of halogens is 1. The summed E-state index contributed by atoms with van der Waals surface area (Å²) in [5.41, 5.74) is 0.235. The average molecular weight is 325 g/mol. The maximum atomic E-state index is 10.9. The van der Waals surface area contributed by atoms with E-state index in [9.17, 15) is 15.2 Å². The zero-order valence-electron chi connectivity index (χ0n) is 9.83. The molecule has 0 aliphatic carbocycles. The first-order valence-corrected chi connectivity index (χ1v) is 6.04. The maximum absolute atomic E-state index is 10.9. The zero-order valence-corrected chi connectivity index (χ0v) is 11.4. The smallest absolute Gasteiger partial charge is 0.332 e. The normalized spacial score (nSPS) is 10.2. The second-order valence-electron chi connectivity index (χ2n) is 3.74. The Morgan fingerprint density at radius 2 is 2.21 bits per heavy atom. The summed E-state index contributed by atoms with van der Waals surface area (Å²) in [5, 5.41) is 20.5. The molecular formula is C12H9BrN2O4. The van der Waals surface area contributed by atoms with Crippen LogP contribution >= 0.6 is 15.9 Å². The number of aromatic hydroxyl groups is 1. The topological polar surface area (TPSA) is 85.5 Å². The minimum Gasteiger partial charge on any atom is -0.508 e. The third kappa shape index (κ3) is 2.82. The summed E-state index contributed by atoms with van der Waals surface area (Å²) in [6.07, 6.45) is 1.40. The van der Waals surface area contributed by atoms with Crippen LogP contribution in [0.1, 0.15) is 5.56 Å². The molecule has 0 saturated carbocycles. The van der Waals surface area contributed by atoms with E-state index in [0.717, 1.165) is 0 Å². The van der Waals surface area contributed by atoms with Gasteiger partial charge in [0.15, 0.2) is 0 Å². The van der Waals surface area contributed by atoms with Crippen molar-refractivity contribution in [2.75, 3.05) is 0 Å². The SMILES string of the molecule is Cc1c(O)cccc1Oc1ncc(Br)cc1[N+](=O)[O-]. The largest absolute Gasteiger partial charge is 0.508 e. The van der Waals surface area contributed by atoms with Crippen molar-refractivity contribution < 1.29 is 14.8 Å². The summed E-state index contributed by atoms with van der Waals surface area (Å²) in [6, 6.07) is 6.00. The molecule has 6 nitrogen and oxygen atoms in total. The fraction of sp³-hybridized carbons (Fsp3) is 0.0833. The van der Waals surface area contributed by atoms with E-state index in [4.69, 9.17) is 4.74 Å². The van der Waals surface area contributed by atoms with Crippen molar-refractivity contribution in [1.82, 2.24) is 4.98 Å². The number of hydrogen-bond donors (Lipinski definition) is 1. The third-order valence-corrected chi connectivity index (χ3v) is 2.89. The minimum atomic E-state index is -0.578. The average Bonchev–Trinajstić information content (AvgIpc) is 2.36. The summed E-state index contributed by atoms with van der Waals surface area (Å²) >= 11 is 3.11. The molecule has 0 aliphatic heterocycles. The van der Waals surface area contributed by atoms with Gasteiger partial charge in [0.05, 0.1) is 4.92 Å². The highest BCUT2D eigenvalue weighted by atomic mass is 79.9. The summed E-state index contributed by atoms with van der Waals surface area (Å²) in [5.74, 6) is 0.247. The minimum absolute atomic E-state index is 0.0530. The molecule has 1 N–H and O–H groups in total. The van der Waals surface area contributed by atoms with Gasteiger partial charge in [-0.05, 0) is 35.0 Å². The highest BCUT2D eigenvalue weighted by Gasteiger charge is 2.19. The Hall–Kier alpha value is -2.15. The first-order valence-electron chi connectivity index (χ1n) is 5.25. The lowest BCUT2D eigenvalue weighted by Crippen LogP contribution is -1.97. The van der Waals surface area contributed by atoms with Crippen LogP contribution in [0.2, 0.25) is 0 Å². The van der Waals surface area contributed by atoms with Crippen molar-refractivity contribution >= 4 is 21.6 Å². The number of phenolic OH excluding ortho intramolecular Hbond substituents is 1. The van der Waals surface area contributed by atoms with Crippen LogP contribution in [0.4, 0.5) is 5.69 Å². The Labute approximate surface area is 117 Å². The Morgan fingerprint density at radius 3 is 2.89 bits per heavy atom. The fourth-order valence-corrected chi connectivity index (χ4v) is 1.76. The van der Waals surface area contributed by atoms with Gasteiger partial charge >= 0.3 is 5.69 Å². The van der Waals surface area contributed by atoms with Crippen LogP contribution < -0.4 is 4.74 Å². The molecule has 2 rings (SSSR count). The van der Waals surface area contributed by atoms with Gasteiger partial charge in [0.1, 0.15) is 11.5 Å². The zero-order chi connectivity index (χ0) is 14.0. The van der Waals surface area contributed by atoms with Crippen LogP contribution in [0.15, 0.2) is 34.9 Å². The molecule has 0 spiro atoms. The molecule has 1 heterocycles. The van der Waals surface area contributed by atoms with E-state index in [1.807, 2.05) is 0 Å². The second kappa shape index (κ2) is 5.23. The number of hydrogen-bond acceptors (Lipinski definition) is 5. The quantitative estimate of drug-likeness (QED) is 0.689. The van der Waals surface area contributed by atoms with Crippen LogP contribution in [0.25, 0.3) is 0 Å². The van der Waals surface area contributed by atoms with E-state index < -0.39 is 4.92 Å². The molecule has 0 aliphatic rings. The van der Waals surface area contributed by atoms with Crippen LogP contribution in [0.3, 0.4) is 0 Å². The van der Waals surface area contributed by atoms with Gasteiger partial charge in [-0.15, -0.1) is 0 Å². The standard InChI is InChI=1S/C12H9BrN2O4/c1-7-10(16)3-2-4-11(7)19-12-9(15(17)18)5-8(13)6-14-12/h2-6,16H,1H3. The first-order chi connectivity index (χ1) is 8.99. The van der Waals surface area contributed by atoms with Gasteiger partial charge in [-0.3, -0.25) is 10.1 Å². The molecule has 0 atom stereocenters. The lowest BCUT2D eigenvalue weighted by atomic mass is 10.2. The van der Waals surface area contributed by atoms with E-state index in [0.29, 0.717) is 15.8 Å². The monoisotopic (exact) mass is 324 g/mol. The van der Waals surface area contributed by atoms with E-state index in [1.165, 1.54) is 18.3 Å². The van der Waals surface area contributed by atoms with Crippen LogP contribution in [-0.4, -0.2) is 15.0 Å². The van der Waals surface area contributed by atoms with Crippen molar-refractivity contribution in [2.24, 2.45) is 0 Å². The molecule has 0 bridgehead atoms. The van der Waals surface area contributed by atoms with Gasteiger partial charge in [0.25, 0.3) is 5.88 Å². The van der Waals surface area contributed by atoms with Gasteiger partial charge in [-0.2, -0.15) is 0 Å². The maximum Gasteiger partial charge on any atom is 0.332 e. The van der Waals surface area contributed by atoms with Gasteiger partial charge in [0.2, 0.25) is 0 Å². The van der Waals surface area contributed by atoms with Crippen molar-refractivity contribution in [1.29, 1.82) is 0 Å². The molecule has 98 valence electrons. The summed E-state index contributed by atoms with van der Waals surface area (Å²) in [7, 11) is 0. The molecule has 0 fully saturated rings. The van der Waals surface area contributed by atoms with Crippen LogP contribution in [-0.2, 0) is 0 Å². The summed E-state index contributed by atoms with van der Waals surface area (Å²) < 4.78 is 5.89. The third-order valence-electron chi connectivity index (χ3n) is 2.46. The molecule has 0 saturated heterocycles. The number of phenols is 1. The van der Waals surface area contributed by atoms with E-state index in [1.54, 1.807) is 19.1 Å². The molecule has 7 heteroatoms. The van der Waals surface area contributed by atoms with E-state index in [2.05, 4.69) is 20.9 Å². The predicted molar refractivity (Wildman–Crippen MR) is 71.5 cm³/mol. The van der Waals surface area contributed by atoms with E-state index in [-0.39, 0.29) is 17.3 Å². The highest BCUT2D eigenvalue weighted by molar-refractivity contribution is 9.10. The number of rotatable bonds is 3. The molecule has 0 unspecified atom stereocenters. The van der Waals surface area contributed by atoms with Crippen LogP contribution in [0.5, 0.6) is 17.4 Å². The number of ether oxygens (including phenoxy) is 1. The van der Waals surface area contributed by atoms with Crippen molar-refractivity contribution in [2.45, 2.75) is 6.92 Å². The van der Waals surface area contributed by atoms with Gasteiger partial charge < -0.3 is 9.84 Å². The molecule has 19 heavy (non-hydrogen) atoms. The van der Waals surface area contributed by atoms with Crippen molar-refractivity contribution in [3.05, 3.63) is 50.6 Å². The molecule has 1 aromatic carbocycles. The second-order valence-corrected chi connectivity index (χ2v) is 4.65. The van der Waals surface area contributed by atoms with Gasteiger partial charge in [-0.25, -0.2) is 4.98 Å².